The van der Waals surface area contributed by atoms with Crippen molar-refractivity contribution in [1.82, 2.24) is 9.13 Å². The molecule has 0 saturated heterocycles. The molecule has 8 aromatic rings. The fourth-order valence-corrected chi connectivity index (χ4v) is 9.77. The van der Waals surface area contributed by atoms with E-state index in [1.165, 1.54) is 44.0 Å². The van der Waals surface area contributed by atoms with Crippen LogP contribution in [0.25, 0.3) is 43.6 Å². The Hall–Kier alpha value is -7.28. The molecule has 2 aliphatic carbocycles. The first-order valence-corrected chi connectivity index (χ1v) is 19.7. The molecule has 0 aliphatic heterocycles. The van der Waals surface area contributed by atoms with E-state index in [-0.39, 0.29) is 24.4 Å². The van der Waals surface area contributed by atoms with E-state index < -0.39 is 35.3 Å². The van der Waals surface area contributed by atoms with Crippen LogP contribution >= 0.6 is 22.7 Å². The number of hydrogen-bond donors (Lipinski definition) is 0. The van der Waals surface area contributed by atoms with Crippen molar-refractivity contribution in [2.24, 2.45) is 0 Å². The number of carbonyl (C=O) groups excluding carboxylic acids is 6. The number of aromatic nitrogens is 2. The van der Waals surface area contributed by atoms with E-state index in [4.69, 9.17) is 9.47 Å². The maximum absolute atomic E-state index is 14.3. The molecule has 58 heavy (non-hydrogen) atoms. The summed E-state index contributed by atoms with van der Waals surface area (Å²) < 4.78 is 15.6. The number of Topliss-reactive ketones (excluding diaryl/α,β-unsaturated/α-hetero) is 4. The van der Waals surface area contributed by atoms with Crippen LogP contribution in [0, 0.1) is 0 Å². The zero-order valence-electron chi connectivity index (χ0n) is 30.1. The summed E-state index contributed by atoms with van der Waals surface area (Å²) in [6.07, 6.45) is 1.57. The van der Waals surface area contributed by atoms with Crippen molar-refractivity contribution in [2.45, 2.75) is 13.2 Å². The number of nitrogens with zero attached hydrogens (tertiary/aromatic N) is 2. The minimum absolute atomic E-state index is 0.00553. The Morgan fingerprint density at radius 1 is 0.483 bits per heavy atom. The Labute approximate surface area is 336 Å². The molecule has 12 heteroatoms. The summed E-state index contributed by atoms with van der Waals surface area (Å²) in [6.45, 7) is -0.0859. The number of rotatable bonds is 6. The van der Waals surface area contributed by atoms with E-state index in [1.54, 1.807) is 60.7 Å². The van der Waals surface area contributed by atoms with Gasteiger partial charge in [-0.1, -0.05) is 109 Å². The van der Waals surface area contributed by atoms with Crippen molar-refractivity contribution in [3.05, 3.63) is 176 Å². The van der Waals surface area contributed by atoms with Gasteiger partial charge >= 0.3 is 12.2 Å². The number of carbonyl (C=O) groups is 6. The molecule has 0 spiro atoms. The van der Waals surface area contributed by atoms with Crippen LogP contribution in [0.2, 0.25) is 0 Å². The number of allylic oxidation sites excluding steroid dienone is 2. The predicted molar refractivity (Wildman–Crippen MR) is 221 cm³/mol. The van der Waals surface area contributed by atoms with E-state index in [9.17, 15) is 28.8 Å². The lowest BCUT2D eigenvalue weighted by Crippen LogP contribution is -2.13. The molecular weight excluding hydrogens is 773 g/mol. The van der Waals surface area contributed by atoms with Crippen LogP contribution in [0.15, 0.2) is 132 Å². The number of benzene rings is 4. The molecule has 0 atom stereocenters. The first-order chi connectivity index (χ1) is 28.3. The molecule has 4 aromatic carbocycles. The molecule has 4 aromatic heterocycles. The van der Waals surface area contributed by atoms with Crippen LogP contribution in [-0.4, -0.2) is 44.5 Å². The second-order valence-corrected chi connectivity index (χ2v) is 15.9. The predicted octanol–water partition coefficient (Wildman–Crippen LogP) is 10.2. The second kappa shape index (κ2) is 13.7. The maximum Gasteiger partial charge on any atom is 0.419 e. The van der Waals surface area contributed by atoms with E-state index in [0.29, 0.717) is 63.5 Å². The fraction of sp³-hybridized carbons (Fsp3) is 0.0435. The Morgan fingerprint density at radius 2 is 0.810 bits per heavy atom. The van der Waals surface area contributed by atoms with E-state index in [2.05, 4.69) is 0 Å². The summed E-state index contributed by atoms with van der Waals surface area (Å²) in [5.41, 5.74) is 4.26. The van der Waals surface area contributed by atoms with Gasteiger partial charge in [0.2, 0.25) is 0 Å². The highest BCUT2D eigenvalue weighted by Gasteiger charge is 2.35. The largest absolute Gasteiger partial charge is 0.444 e. The van der Waals surface area contributed by atoms with Crippen LogP contribution in [0.3, 0.4) is 0 Å². The minimum Gasteiger partial charge on any atom is -0.444 e. The van der Waals surface area contributed by atoms with Gasteiger partial charge < -0.3 is 9.47 Å². The average molecular weight is 799 g/mol. The van der Waals surface area contributed by atoms with E-state index in [1.807, 2.05) is 60.7 Å². The summed E-state index contributed by atoms with van der Waals surface area (Å²) in [7, 11) is 0. The van der Waals surface area contributed by atoms with Crippen LogP contribution < -0.4 is 0 Å². The number of hydrogen-bond acceptors (Lipinski definition) is 10. The van der Waals surface area contributed by atoms with Crippen molar-refractivity contribution in [2.75, 3.05) is 0 Å². The van der Waals surface area contributed by atoms with Crippen LogP contribution in [-0.2, 0) is 22.7 Å². The van der Waals surface area contributed by atoms with E-state index >= 15 is 0 Å². The number of thiophene rings is 2. The molecule has 2 aliphatic rings. The topological polar surface area (TPSA) is 131 Å². The smallest absolute Gasteiger partial charge is 0.419 e. The zero-order chi connectivity index (χ0) is 39.7. The van der Waals surface area contributed by atoms with Gasteiger partial charge in [0, 0.05) is 32.0 Å². The molecule has 10 rings (SSSR count). The van der Waals surface area contributed by atoms with Gasteiger partial charge in [0.15, 0.2) is 23.1 Å². The molecule has 0 N–H and O–H groups in total. The molecule has 10 nitrogen and oxygen atoms in total. The van der Waals surface area contributed by atoms with Crippen molar-refractivity contribution >= 4 is 102 Å². The van der Waals surface area contributed by atoms with Gasteiger partial charge in [-0.15, -0.1) is 22.7 Å². The maximum atomic E-state index is 14.3. The monoisotopic (exact) mass is 798 g/mol. The highest BCUT2D eigenvalue weighted by atomic mass is 32.1. The van der Waals surface area contributed by atoms with Crippen LogP contribution in [0.4, 0.5) is 9.59 Å². The molecular formula is C46H26N2O8S2. The molecule has 0 saturated carbocycles. The molecule has 0 amide bonds. The highest BCUT2D eigenvalue weighted by Crippen LogP contribution is 2.45. The summed E-state index contributed by atoms with van der Waals surface area (Å²) in [5.74, 6) is -1.59. The summed E-state index contributed by atoms with van der Waals surface area (Å²) in [5, 5.41) is 0. The van der Waals surface area contributed by atoms with Crippen molar-refractivity contribution in [1.29, 1.82) is 0 Å². The molecule has 0 fully saturated rings. The first kappa shape index (κ1) is 35.2. The van der Waals surface area contributed by atoms with Gasteiger partial charge in [-0.05, 0) is 35.4 Å². The summed E-state index contributed by atoms with van der Waals surface area (Å²) in [4.78, 5) is 83.2. The standard InChI is InChI=1S/C46H26N2O8S2/c49-39-29-15-7-8-16-30(29)40(50)33(39)19-27-21-35-43(57-27)38-37(47(35)45(53)55-23-25-11-3-1-4-12-25)44-36(48(38)46(54)56-24-26-13-5-2-6-14-26)22-28(58-44)20-34-41(51)31-17-9-10-18-32(31)42(34)52/h1-22H,23-24H2. The number of fused-ring (bicyclic) bond motifs is 7. The summed E-state index contributed by atoms with van der Waals surface area (Å²) >= 11 is 2.41. The molecule has 0 radical (unpaired) electrons. The lowest BCUT2D eigenvalue weighted by molar-refractivity contribution is 0.0975. The molecule has 0 bridgehead atoms. The Morgan fingerprint density at radius 3 is 1.16 bits per heavy atom. The third kappa shape index (κ3) is 5.60. The van der Waals surface area contributed by atoms with Crippen molar-refractivity contribution in [3.63, 3.8) is 0 Å². The molecule has 0 unspecified atom stereocenters. The quantitative estimate of drug-likeness (QED) is 0.120. The van der Waals surface area contributed by atoms with Gasteiger partial charge in [0.05, 0.1) is 42.6 Å². The van der Waals surface area contributed by atoms with Crippen LogP contribution in [0.1, 0.15) is 62.3 Å². The Balaban J connectivity index is 1.17. The summed E-state index contributed by atoms with van der Waals surface area (Å²) in [6, 6.07) is 35.0. The second-order valence-electron chi connectivity index (χ2n) is 13.7. The highest BCUT2D eigenvalue weighted by molar-refractivity contribution is 7.22. The molecule has 4 heterocycles. The van der Waals surface area contributed by atoms with Gasteiger partial charge in [-0.2, -0.15) is 0 Å². The van der Waals surface area contributed by atoms with E-state index in [0.717, 1.165) is 11.1 Å². The lowest BCUT2D eigenvalue weighted by Gasteiger charge is -2.07. The first-order valence-electron chi connectivity index (χ1n) is 18.1. The Kier molecular flexibility index (Phi) is 8.32. The van der Waals surface area contributed by atoms with Gasteiger partial charge in [0.1, 0.15) is 13.2 Å². The molecule has 280 valence electrons. The van der Waals surface area contributed by atoms with Crippen molar-refractivity contribution in [3.8, 4) is 0 Å². The minimum atomic E-state index is -0.733. The third-order valence-electron chi connectivity index (χ3n) is 10.2. The number of ketones is 4. The zero-order valence-corrected chi connectivity index (χ0v) is 31.7. The SMILES string of the molecule is O=C1C(=Cc2cc3c(s2)c2c(c4sc(C=C5C(=O)c6ccccc6C5=O)cc4n2C(=O)OCc2ccccc2)n3C(=O)OCc2ccccc2)C(=O)c2ccccc21. The lowest BCUT2D eigenvalue weighted by atomic mass is 10.1. The van der Waals surface area contributed by atoms with Crippen LogP contribution in [0.5, 0.6) is 0 Å². The Bertz CT molecular complexity index is 2890. The third-order valence-corrected chi connectivity index (χ3v) is 12.4. The normalized spacial score (nSPS) is 13.5. The average Bonchev–Trinajstić information content (AvgIpc) is 4.07. The van der Waals surface area contributed by atoms with Gasteiger partial charge in [-0.3, -0.25) is 19.2 Å². The fourth-order valence-electron chi connectivity index (χ4n) is 7.52. The van der Waals surface area contributed by atoms with Gasteiger partial charge in [-0.25, -0.2) is 18.7 Å². The van der Waals surface area contributed by atoms with Gasteiger partial charge in [0.25, 0.3) is 0 Å². The van der Waals surface area contributed by atoms with Crippen molar-refractivity contribution < 1.29 is 38.2 Å². The number of ether oxygens (including phenoxy) is 2.